The molecule has 0 aliphatic carbocycles. The van der Waals surface area contributed by atoms with Crippen molar-refractivity contribution in [3.63, 3.8) is 0 Å². The number of ether oxygens (including phenoxy) is 1. The molecule has 0 unspecified atom stereocenters. The zero-order chi connectivity index (χ0) is 10.2. The molecule has 1 aromatic carbocycles. The van der Waals surface area contributed by atoms with E-state index in [4.69, 9.17) is 4.74 Å². The second-order valence-corrected chi connectivity index (χ2v) is 3.40. The van der Waals surface area contributed by atoms with Gasteiger partial charge in [-0.3, -0.25) is 0 Å². The molecule has 1 aromatic rings. The lowest BCUT2D eigenvalue weighted by atomic mass is 10.1. The lowest BCUT2D eigenvalue weighted by molar-refractivity contribution is 0.121. The van der Waals surface area contributed by atoms with Crippen molar-refractivity contribution in [1.29, 1.82) is 0 Å². The summed E-state index contributed by atoms with van der Waals surface area (Å²) in [6, 6.07) is 8.53. The van der Waals surface area contributed by atoms with Crippen LogP contribution < -0.4 is 5.32 Å². The standard InChI is InChI=1S/C12H19NO/c1-3-8-14-10-12-6-4-11(5-7-12)9-13-2/h4-7,13H,3,8-10H2,1-2H3. The zero-order valence-electron chi connectivity index (χ0n) is 9.05. The van der Waals surface area contributed by atoms with Crippen LogP contribution in [0.25, 0.3) is 0 Å². The molecule has 0 radical (unpaired) electrons. The maximum Gasteiger partial charge on any atom is 0.0716 e. The summed E-state index contributed by atoms with van der Waals surface area (Å²) in [4.78, 5) is 0. The van der Waals surface area contributed by atoms with Crippen molar-refractivity contribution in [2.75, 3.05) is 13.7 Å². The molecule has 1 N–H and O–H groups in total. The first-order chi connectivity index (χ1) is 6.86. The van der Waals surface area contributed by atoms with Crippen molar-refractivity contribution < 1.29 is 4.74 Å². The molecule has 0 aromatic heterocycles. The summed E-state index contributed by atoms with van der Waals surface area (Å²) in [7, 11) is 1.96. The van der Waals surface area contributed by atoms with E-state index in [1.165, 1.54) is 11.1 Å². The number of hydrogen-bond acceptors (Lipinski definition) is 2. The molecule has 14 heavy (non-hydrogen) atoms. The number of nitrogens with one attached hydrogen (secondary N) is 1. The quantitative estimate of drug-likeness (QED) is 0.700. The van der Waals surface area contributed by atoms with E-state index in [1.807, 2.05) is 7.05 Å². The average molecular weight is 193 g/mol. The predicted molar refractivity (Wildman–Crippen MR) is 59.2 cm³/mol. The molecule has 2 heteroatoms. The third-order valence-electron chi connectivity index (χ3n) is 2.02. The second-order valence-electron chi connectivity index (χ2n) is 3.40. The molecule has 0 fully saturated rings. The van der Waals surface area contributed by atoms with Gasteiger partial charge in [-0.25, -0.2) is 0 Å². The molecule has 0 saturated carbocycles. The highest BCUT2D eigenvalue weighted by atomic mass is 16.5. The van der Waals surface area contributed by atoms with Crippen LogP contribution in [-0.2, 0) is 17.9 Å². The largest absolute Gasteiger partial charge is 0.377 e. The Morgan fingerprint density at radius 2 is 1.79 bits per heavy atom. The molecule has 78 valence electrons. The minimum Gasteiger partial charge on any atom is -0.377 e. The van der Waals surface area contributed by atoms with Crippen molar-refractivity contribution >= 4 is 0 Å². The second kappa shape index (κ2) is 6.57. The summed E-state index contributed by atoms with van der Waals surface area (Å²) in [5, 5.41) is 3.12. The van der Waals surface area contributed by atoms with E-state index in [9.17, 15) is 0 Å². The fraction of sp³-hybridized carbons (Fsp3) is 0.500. The molecule has 0 heterocycles. The van der Waals surface area contributed by atoms with E-state index in [0.717, 1.165) is 26.2 Å². The van der Waals surface area contributed by atoms with Gasteiger partial charge < -0.3 is 10.1 Å². The minimum absolute atomic E-state index is 0.730. The highest BCUT2D eigenvalue weighted by Crippen LogP contribution is 2.05. The van der Waals surface area contributed by atoms with Gasteiger partial charge in [0.25, 0.3) is 0 Å². The van der Waals surface area contributed by atoms with Crippen LogP contribution in [-0.4, -0.2) is 13.7 Å². The number of benzene rings is 1. The van der Waals surface area contributed by atoms with Crippen molar-refractivity contribution in [2.24, 2.45) is 0 Å². The highest BCUT2D eigenvalue weighted by molar-refractivity contribution is 5.21. The van der Waals surface area contributed by atoms with Crippen LogP contribution >= 0.6 is 0 Å². The summed E-state index contributed by atoms with van der Waals surface area (Å²) >= 11 is 0. The number of rotatable bonds is 6. The molecule has 0 spiro atoms. The van der Waals surface area contributed by atoms with Gasteiger partial charge in [0.1, 0.15) is 0 Å². The lowest BCUT2D eigenvalue weighted by Gasteiger charge is -2.04. The molecule has 0 amide bonds. The van der Waals surface area contributed by atoms with Crippen LogP contribution in [0.4, 0.5) is 0 Å². The van der Waals surface area contributed by atoms with Crippen molar-refractivity contribution in [3.8, 4) is 0 Å². The Balaban J connectivity index is 2.38. The summed E-state index contributed by atoms with van der Waals surface area (Å²) in [5.41, 5.74) is 2.56. The van der Waals surface area contributed by atoms with Gasteiger partial charge in [0, 0.05) is 13.2 Å². The van der Waals surface area contributed by atoms with Gasteiger partial charge in [-0.15, -0.1) is 0 Å². The fourth-order valence-electron chi connectivity index (χ4n) is 1.29. The van der Waals surface area contributed by atoms with Crippen molar-refractivity contribution in [2.45, 2.75) is 26.5 Å². The molecular weight excluding hydrogens is 174 g/mol. The van der Waals surface area contributed by atoms with Gasteiger partial charge >= 0.3 is 0 Å². The molecule has 0 aliphatic rings. The van der Waals surface area contributed by atoms with E-state index >= 15 is 0 Å². The Hall–Kier alpha value is -0.860. The lowest BCUT2D eigenvalue weighted by Crippen LogP contribution is -2.04. The highest BCUT2D eigenvalue weighted by Gasteiger charge is 1.93. The third-order valence-corrected chi connectivity index (χ3v) is 2.02. The van der Waals surface area contributed by atoms with E-state index < -0.39 is 0 Å². The fourth-order valence-corrected chi connectivity index (χ4v) is 1.29. The van der Waals surface area contributed by atoms with Crippen LogP contribution in [0.1, 0.15) is 24.5 Å². The van der Waals surface area contributed by atoms with E-state index in [-0.39, 0.29) is 0 Å². The van der Waals surface area contributed by atoms with Gasteiger partial charge in [0.15, 0.2) is 0 Å². The molecular formula is C12H19NO. The SMILES string of the molecule is CCCOCc1ccc(CNC)cc1. The van der Waals surface area contributed by atoms with E-state index in [2.05, 4.69) is 36.5 Å². The first kappa shape index (κ1) is 11.2. The van der Waals surface area contributed by atoms with Crippen LogP contribution in [0.3, 0.4) is 0 Å². The summed E-state index contributed by atoms with van der Waals surface area (Å²) in [6.45, 7) is 4.62. The molecule has 2 nitrogen and oxygen atoms in total. The van der Waals surface area contributed by atoms with Gasteiger partial charge in [-0.05, 0) is 24.6 Å². The van der Waals surface area contributed by atoms with Crippen LogP contribution in [0.15, 0.2) is 24.3 Å². The molecule has 1 rings (SSSR count). The van der Waals surface area contributed by atoms with Crippen LogP contribution in [0.5, 0.6) is 0 Å². The van der Waals surface area contributed by atoms with Crippen molar-refractivity contribution in [3.05, 3.63) is 35.4 Å². The zero-order valence-corrected chi connectivity index (χ0v) is 9.05. The average Bonchev–Trinajstić information content (AvgIpc) is 2.21. The van der Waals surface area contributed by atoms with Gasteiger partial charge in [0.05, 0.1) is 6.61 Å². The third kappa shape index (κ3) is 3.90. The summed E-state index contributed by atoms with van der Waals surface area (Å²) < 4.78 is 5.45. The van der Waals surface area contributed by atoms with Gasteiger partial charge in [-0.1, -0.05) is 31.2 Å². The maximum atomic E-state index is 5.45. The Morgan fingerprint density at radius 3 is 2.36 bits per heavy atom. The maximum absolute atomic E-state index is 5.45. The van der Waals surface area contributed by atoms with Crippen molar-refractivity contribution in [1.82, 2.24) is 5.32 Å². The first-order valence-corrected chi connectivity index (χ1v) is 5.17. The molecule has 0 bridgehead atoms. The molecule has 0 aliphatic heterocycles. The normalized spacial score (nSPS) is 10.4. The van der Waals surface area contributed by atoms with E-state index in [1.54, 1.807) is 0 Å². The molecule has 0 atom stereocenters. The Morgan fingerprint density at radius 1 is 1.14 bits per heavy atom. The predicted octanol–water partition coefficient (Wildman–Crippen LogP) is 2.33. The Labute approximate surface area is 86.3 Å². The monoisotopic (exact) mass is 193 g/mol. The summed E-state index contributed by atoms with van der Waals surface area (Å²) in [6.07, 6.45) is 1.08. The molecule has 0 saturated heterocycles. The van der Waals surface area contributed by atoms with E-state index in [0.29, 0.717) is 0 Å². The topological polar surface area (TPSA) is 21.3 Å². The summed E-state index contributed by atoms with van der Waals surface area (Å²) in [5.74, 6) is 0. The van der Waals surface area contributed by atoms with Crippen LogP contribution in [0.2, 0.25) is 0 Å². The number of hydrogen-bond donors (Lipinski definition) is 1. The smallest absolute Gasteiger partial charge is 0.0716 e. The van der Waals surface area contributed by atoms with Gasteiger partial charge in [-0.2, -0.15) is 0 Å². The Kier molecular flexibility index (Phi) is 5.27. The first-order valence-electron chi connectivity index (χ1n) is 5.17. The van der Waals surface area contributed by atoms with Gasteiger partial charge in [0.2, 0.25) is 0 Å². The minimum atomic E-state index is 0.730. The Bertz CT molecular complexity index is 243. The van der Waals surface area contributed by atoms with Crippen LogP contribution in [0, 0.1) is 0 Å².